The Hall–Kier alpha value is -2.58. The van der Waals surface area contributed by atoms with Crippen molar-refractivity contribution in [3.63, 3.8) is 0 Å². The number of hydrogen-bond acceptors (Lipinski definition) is 6. The summed E-state index contributed by atoms with van der Waals surface area (Å²) in [6.07, 6.45) is 3.55. The minimum absolute atomic E-state index is 0.136. The van der Waals surface area contributed by atoms with Gasteiger partial charge in [0.1, 0.15) is 0 Å². The predicted octanol–water partition coefficient (Wildman–Crippen LogP) is 3.89. The van der Waals surface area contributed by atoms with Crippen LogP contribution in [0, 0.1) is 0 Å². The number of nitrogens with zero attached hydrogens (tertiary/aromatic N) is 1. The predicted molar refractivity (Wildman–Crippen MR) is 99.3 cm³/mol. The molecule has 0 saturated carbocycles. The van der Waals surface area contributed by atoms with Crippen LogP contribution in [0.3, 0.4) is 0 Å². The first-order valence-electron chi connectivity index (χ1n) is 7.37. The fourth-order valence-corrected chi connectivity index (χ4v) is 3.25. The second kappa shape index (κ2) is 8.00. The quantitative estimate of drug-likeness (QED) is 0.640. The number of aromatic nitrogens is 1. The topological polar surface area (TPSA) is 84.2 Å². The van der Waals surface area contributed by atoms with Crippen molar-refractivity contribution in [3.05, 3.63) is 59.5 Å². The third-order valence-electron chi connectivity index (χ3n) is 3.21. The first-order valence-corrected chi connectivity index (χ1v) is 9.47. The highest BCUT2D eigenvalue weighted by Crippen LogP contribution is 2.20. The molecule has 2 N–H and O–H groups in total. The highest BCUT2D eigenvalue weighted by molar-refractivity contribution is 7.98. The molecule has 2 amide bonds. The van der Waals surface area contributed by atoms with Gasteiger partial charge in [0, 0.05) is 16.0 Å². The van der Waals surface area contributed by atoms with E-state index in [-0.39, 0.29) is 24.0 Å². The molecule has 3 rings (SSSR count). The fourth-order valence-electron chi connectivity index (χ4n) is 2.08. The number of thiazole rings is 1. The monoisotopic (exact) mass is 373 g/mol. The second-order valence-corrected chi connectivity index (χ2v) is 6.77. The van der Waals surface area contributed by atoms with E-state index in [1.807, 2.05) is 30.5 Å². The van der Waals surface area contributed by atoms with Crippen LogP contribution in [0.15, 0.2) is 57.4 Å². The van der Waals surface area contributed by atoms with Crippen LogP contribution in [0.4, 0.5) is 10.8 Å². The number of hydrogen-bond donors (Lipinski definition) is 2. The molecule has 0 fully saturated rings. The molecule has 0 aliphatic carbocycles. The summed E-state index contributed by atoms with van der Waals surface area (Å²) in [6, 6.07) is 10.8. The summed E-state index contributed by atoms with van der Waals surface area (Å²) in [7, 11) is 0. The van der Waals surface area contributed by atoms with Crippen LogP contribution in [0.2, 0.25) is 0 Å². The van der Waals surface area contributed by atoms with E-state index in [0.29, 0.717) is 10.8 Å². The second-order valence-electron chi connectivity index (χ2n) is 5.03. The maximum absolute atomic E-state index is 12.1. The molecule has 0 spiro atoms. The zero-order valence-corrected chi connectivity index (χ0v) is 14.9. The summed E-state index contributed by atoms with van der Waals surface area (Å²) in [4.78, 5) is 29.4. The number of rotatable bonds is 6. The Balaban J connectivity index is 1.57. The van der Waals surface area contributed by atoms with Gasteiger partial charge in [-0.15, -0.1) is 23.1 Å². The molecule has 2 aromatic heterocycles. The minimum atomic E-state index is -0.371. The van der Waals surface area contributed by atoms with E-state index in [1.54, 1.807) is 29.3 Å². The van der Waals surface area contributed by atoms with Gasteiger partial charge in [0.25, 0.3) is 5.91 Å². The first-order chi connectivity index (χ1) is 12.1. The number of nitrogens with one attached hydrogen (secondary N) is 2. The summed E-state index contributed by atoms with van der Waals surface area (Å²) in [6.45, 7) is 0. The molecule has 0 atom stereocenters. The zero-order valence-electron chi connectivity index (χ0n) is 13.3. The SMILES string of the molecule is CSc1cccc(NC(=O)Cc2csc(NC(=O)c3ccco3)n2)c1. The van der Waals surface area contributed by atoms with Gasteiger partial charge >= 0.3 is 0 Å². The normalized spacial score (nSPS) is 10.4. The largest absolute Gasteiger partial charge is 0.459 e. The lowest BCUT2D eigenvalue weighted by Crippen LogP contribution is -2.15. The van der Waals surface area contributed by atoms with Gasteiger partial charge in [-0.2, -0.15) is 0 Å². The van der Waals surface area contributed by atoms with Crippen molar-refractivity contribution in [2.75, 3.05) is 16.9 Å². The highest BCUT2D eigenvalue weighted by atomic mass is 32.2. The molecule has 6 nitrogen and oxygen atoms in total. The number of carbonyl (C=O) groups excluding carboxylic acids is 2. The van der Waals surface area contributed by atoms with E-state index in [4.69, 9.17) is 4.42 Å². The van der Waals surface area contributed by atoms with E-state index in [1.165, 1.54) is 17.6 Å². The molecule has 1 aromatic carbocycles. The van der Waals surface area contributed by atoms with Crippen molar-refractivity contribution in [3.8, 4) is 0 Å². The Morgan fingerprint density at radius 3 is 2.88 bits per heavy atom. The maximum Gasteiger partial charge on any atom is 0.293 e. The number of amides is 2. The number of anilines is 2. The molecule has 8 heteroatoms. The van der Waals surface area contributed by atoms with Crippen LogP contribution < -0.4 is 10.6 Å². The van der Waals surface area contributed by atoms with Gasteiger partial charge in [0.15, 0.2) is 10.9 Å². The number of benzene rings is 1. The Bertz CT molecular complexity index is 875. The molecular weight excluding hydrogens is 358 g/mol. The number of carbonyl (C=O) groups is 2. The lowest BCUT2D eigenvalue weighted by Gasteiger charge is -2.05. The zero-order chi connectivity index (χ0) is 17.6. The molecule has 0 aliphatic rings. The molecule has 0 radical (unpaired) electrons. The molecule has 0 aliphatic heterocycles. The lowest BCUT2D eigenvalue weighted by atomic mass is 10.3. The van der Waals surface area contributed by atoms with Crippen molar-refractivity contribution in [1.82, 2.24) is 4.98 Å². The van der Waals surface area contributed by atoms with Gasteiger partial charge in [0.2, 0.25) is 5.91 Å². The molecule has 0 saturated heterocycles. The molecular formula is C17H15N3O3S2. The van der Waals surface area contributed by atoms with Gasteiger partial charge in [-0.05, 0) is 36.6 Å². The summed E-state index contributed by atoms with van der Waals surface area (Å²) in [5, 5.41) is 7.66. The van der Waals surface area contributed by atoms with Crippen LogP contribution in [-0.4, -0.2) is 23.1 Å². The van der Waals surface area contributed by atoms with Crippen molar-refractivity contribution >= 4 is 45.7 Å². The lowest BCUT2D eigenvalue weighted by molar-refractivity contribution is -0.115. The van der Waals surface area contributed by atoms with Gasteiger partial charge in [-0.1, -0.05) is 6.07 Å². The van der Waals surface area contributed by atoms with Crippen LogP contribution >= 0.6 is 23.1 Å². The number of thioether (sulfide) groups is 1. The van der Waals surface area contributed by atoms with Gasteiger partial charge in [0.05, 0.1) is 18.4 Å². The molecule has 3 aromatic rings. The molecule has 25 heavy (non-hydrogen) atoms. The Morgan fingerprint density at radius 2 is 2.12 bits per heavy atom. The summed E-state index contributed by atoms with van der Waals surface area (Å²) >= 11 is 2.87. The van der Waals surface area contributed by atoms with E-state index in [9.17, 15) is 9.59 Å². The summed E-state index contributed by atoms with van der Waals surface area (Å²) in [5.41, 5.74) is 1.34. The van der Waals surface area contributed by atoms with Crippen LogP contribution in [0.1, 0.15) is 16.2 Å². The van der Waals surface area contributed by atoms with Gasteiger partial charge in [-0.3, -0.25) is 14.9 Å². The van der Waals surface area contributed by atoms with Crippen molar-refractivity contribution < 1.29 is 14.0 Å². The van der Waals surface area contributed by atoms with E-state index >= 15 is 0 Å². The Morgan fingerprint density at radius 1 is 1.24 bits per heavy atom. The molecule has 0 bridgehead atoms. The van der Waals surface area contributed by atoms with E-state index < -0.39 is 0 Å². The standard InChI is InChI=1S/C17H15N3O3S2/c1-24-13-5-2-4-11(8-13)18-15(21)9-12-10-25-17(19-12)20-16(22)14-6-3-7-23-14/h2-8,10H,9H2,1H3,(H,18,21)(H,19,20,22). The minimum Gasteiger partial charge on any atom is -0.459 e. The van der Waals surface area contributed by atoms with E-state index in [2.05, 4.69) is 15.6 Å². The molecule has 0 unspecified atom stereocenters. The maximum atomic E-state index is 12.1. The third-order valence-corrected chi connectivity index (χ3v) is 4.74. The average Bonchev–Trinajstić information content (AvgIpc) is 3.27. The fraction of sp³-hybridized carbons (Fsp3) is 0.118. The average molecular weight is 373 g/mol. The summed E-state index contributed by atoms with van der Waals surface area (Å²) in [5.74, 6) is -0.320. The van der Waals surface area contributed by atoms with Crippen LogP contribution in [0.5, 0.6) is 0 Å². The Labute approximate surface area is 152 Å². The third kappa shape index (κ3) is 4.71. The smallest absolute Gasteiger partial charge is 0.293 e. The molecule has 128 valence electrons. The molecule has 2 heterocycles. The van der Waals surface area contributed by atoms with Crippen molar-refractivity contribution in [2.24, 2.45) is 0 Å². The van der Waals surface area contributed by atoms with Crippen molar-refractivity contribution in [1.29, 1.82) is 0 Å². The van der Waals surface area contributed by atoms with Crippen molar-refractivity contribution in [2.45, 2.75) is 11.3 Å². The highest BCUT2D eigenvalue weighted by Gasteiger charge is 2.13. The van der Waals surface area contributed by atoms with Gasteiger partial charge in [-0.25, -0.2) is 4.98 Å². The number of furan rings is 1. The van der Waals surface area contributed by atoms with Crippen LogP contribution in [0.25, 0.3) is 0 Å². The van der Waals surface area contributed by atoms with E-state index in [0.717, 1.165) is 10.6 Å². The summed E-state index contributed by atoms with van der Waals surface area (Å²) < 4.78 is 5.02. The van der Waals surface area contributed by atoms with Crippen LogP contribution in [-0.2, 0) is 11.2 Å². The Kier molecular flexibility index (Phi) is 5.52. The van der Waals surface area contributed by atoms with Gasteiger partial charge < -0.3 is 9.73 Å². The first kappa shape index (κ1) is 17.2.